The minimum atomic E-state index is -0.979. The van der Waals surface area contributed by atoms with Gasteiger partial charge in [-0.2, -0.15) is 10.2 Å². The van der Waals surface area contributed by atoms with Crippen molar-refractivity contribution in [1.29, 1.82) is 0 Å². The Bertz CT molecular complexity index is 630. The van der Waals surface area contributed by atoms with Gasteiger partial charge in [0.15, 0.2) is 0 Å². The second kappa shape index (κ2) is 5.02. The highest BCUT2D eigenvalue weighted by molar-refractivity contribution is 5.93. The van der Waals surface area contributed by atoms with Gasteiger partial charge in [0.1, 0.15) is 5.60 Å². The number of fused-ring (bicyclic) bond motifs is 1. The third-order valence-electron chi connectivity index (χ3n) is 3.71. The number of nitrogens with zero attached hydrogens (tertiary/aromatic N) is 2. The molecule has 0 saturated carbocycles. The Kier molecular flexibility index (Phi) is 3.20. The lowest BCUT2D eigenvalue weighted by molar-refractivity contribution is 0.0369. The van der Waals surface area contributed by atoms with Crippen LogP contribution in [0.1, 0.15) is 27.9 Å². The van der Waals surface area contributed by atoms with Gasteiger partial charge in [-0.15, -0.1) is 0 Å². The first-order chi connectivity index (χ1) is 9.69. The predicted molar refractivity (Wildman–Crippen MR) is 73.0 cm³/mol. The summed E-state index contributed by atoms with van der Waals surface area (Å²) in [7, 11) is 0. The van der Waals surface area contributed by atoms with Crippen LogP contribution in [0.4, 0.5) is 0 Å². The molecule has 1 aliphatic rings. The lowest BCUT2D eigenvalue weighted by atomic mass is 9.96. The summed E-state index contributed by atoms with van der Waals surface area (Å²) in [6, 6.07) is 9.40. The van der Waals surface area contributed by atoms with Crippen LogP contribution in [0.2, 0.25) is 0 Å². The molecular formula is C15H15N3O2. The van der Waals surface area contributed by atoms with E-state index < -0.39 is 5.60 Å². The van der Waals surface area contributed by atoms with Crippen LogP contribution >= 0.6 is 0 Å². The van der Waals surface area contributed by atoms with Crippen LogP contribution in [0.15, 0.2) is 42.7 Å². The highest BCUT2D eigenvalue weighted by Gasteiger charge is 2.36. The van der Waals surface area contributed by atoms with E-state index in [0.29, 0.717) is 12.0 Å². The van der Waals surface area contributed by atoms with Crippen molar-refractivity contribution in [2.24, 2.45) is 0 Å². The zero-order chi connectivity index (χ0) is 14.0. The second-order valence-corrected chi connectivity index (χ2v) is 5.00. The molecule has 0 fully saturated rings. The number of aryl methyl sites for hydroxylation is 1. The molecule has 20 heavy (non-hydrogen) atoms. The quantitative estimate of drug-likeness (QED) is 0.873. The summed E-state index contributed by atoms with van der Waals surface area (Å²) in [6.45, 7) is 0.200. The lowest BCUT2D eigenvalue weighted by Gasteiger charge is -2.24. The fraction of sp³-hybridized carbons (Fsp3) is 0.267. The SMILES string of the molecule is O=C(NCC1(O)CCc2ccccc21)c1ccnnc1. The molecule has 1 amide bonds. The molecule has 1 heterocycles. The summed E-state index contributed by atoms with van der Waals surface area (Å²) in [6.07, 6.45) is 4.33. The van der Waals surface area contributed by atoms with Crippen molar-refractivity contribution in [2.75, 3.05) is 6.54 Å². The van der Waals surface area contributed by atoms with E-state index in [9.17, 15) is 9.90 Å². The van der Waals surface area contributed by atoms with E-state index in [2.05, 4.69) is 15.5 Å². The van der Waals surface area contributed by atoms with Crippen LogP contribution in [0.5, 0.6) is 0 Å². The van der Waals surface area contributed by atoms with Crippen LogP contribution in [0, 0.1) is 0 Å². The van der Waals surface area contributed by atoms with Crippen LogP contribution in [-0.4, -0.2) is 27.8 Å². The van der Waals surface area contributed by atoms with Crippen molar-refractivity contribution < 1.29 is 9.90 Å². The average Bonchev–Trinajstić information content (AvgIpc) is 2.84. The van der Waals surface area contributed by atoms with Crippen molar-refractivity contribution in [3.05, 3.63) is 59.4 Å². The molecule has 1 unspecified atom stereocenters. The number of rotatable bonds is 3. The Labute approximate surface area is 116 Å². The Morgan fingerprint density at radius 3 is 2.95 bits per heavy atom. The molecule has 2 aromatic rings. The Morgan fingerprint density at radius 2 is 2.15 bits per heavy atom. The molecule has 0 radical (unpaired) electrons. The van der Waals surface area contributed by atoms with Gasteiger partial charge in [0, 0.05) is 0 Å². The van der Waals surface area contributed by atoms with E-state index in [1.54, 1.807) is 6.07 Å². The number of aromatic nitrogens is 2. The molecule has 3 rings (SSSR count). The number of amides is 1. The summed E-state index contributed by atoms with van der Waals surface area (Å²) >= 11 is 0. The van der Waals surface area contributed by atoms with Crippen molar-refractivity contribution >= 4 is 5.91 Å². The van der Waals surface area contributed by atoms with Crippen LogP contribution in [0.3, 0.4) is 0 Å². The smallest absolute Gasteiger partial charge is 0.253 e. The molecule has 0 aliphatic heterocycles. The topological polar surface area (TPSA) is 75.1 Å². The highest BCUT2D eigenvalue weighted by atomic mass is 16.3. The highest BCUT2D eigenvalue weighted by Crippen LogP contribution is 2.36. The maximum Gasteiger partial charge on any atom is 0.253 e. The zero-order valence-corrected chi connectivity index (χ0v) is 10.9. The summed E-state index contributed by atoms with van der Waals surface area (Å²) in [4.78, 5) is 12.0. The molecule has 0 bridgehead atoms. The molecule has 102 valence electrons. The molecular weight excluding hydrogens is 254 g/mol. The fourth-order valence-electron chi connectivity index (χ4n) is 2.61. The summed E-state index contributed by atoms with van der Waals surface area (Å²) in [5, 5.41) is 20.8. The normalized spacial score (nSPS) is 20.4. The number of nitrogens with one attached hydrogen (secondary N) is 1. The molecule has 1 aromatic carbocycles. The third kappa shape index (κ3) is 2.28. The van der Waals surface area contributed by atoms with Gasteiger partial charge in [-0.05, 0) is 30.0 Å². The van der Waals surface area contributed by atoms with Crippen molar-refractivity contribution in [2.45, 2.75) is 18.4 Å². The first-order valence-electron chi connectivity index (χ1n) is 6.55. The lowest BCUT2D eigenvalue weighted by Crippen LogP contribution is -2.39. The standard InChI is InChI=1S/C15H15N3O2/c19-14(12-6-8-17-18-9-12)16-10-15(20)7-5-11-3-1-2-4-13(11)15/h1-4,6,8-9,20H,5,7,10H2,(H,16,19). The molecule has 1 atom stereocenters. The van der Waals surface area contributed by atoms with E-state index in [1.807, 2.05) is 24.3 Å². The van der Waals surface area contributed by atoms with Crippen LogP contribution < -0.4 is 5.32 Å². The molecule has 2 N–H and O–H groups in total. The molecule has 5 nitrogen and oxygen atoms in total. The minimum Gasteiger partial charge on any atom is -0.383 e. The van der Waals surface area contributed by atoms with Gasteiger partial charge in [0.2, 0.25) is 0 Å². The van der Waals surface area contributed by atoms with Crippen LogP contribution in [-0.2, 0) is 12.0 Å². The molecule has 0 spiro atoms. The molecule has 1 aromatic heterocycles. The van der Waals surface area contributed by atoms with Gasteiger partial charge >= 0.3 is 0 Å². The number of benzene rings is 1. The van der Waals surface area contributed by atoms with E-state index in [0.717, 1.165) is 17.5 Å². The van der Waals surface area contributed by atoms with E-state index >= 15 is 0 Å². The summed E-state index contributed by atoms with van der Waals surface area (Å²) in [5.74, 6) is -0.252. The van der Waals surface area contributed by atoms with Crippen LogP contribution in [0.25, 0.3) is 0 Å². The maximum absolute atomic E-state index is 12.0. The van der Waals surface area contributed by atoms with Gasteiger partial charge in [0.05, 0.1) is 24.5 Å². The number of aliphatic hydroxyl groups is 1. The molecule has 1 aliphatic carbocycles. The monoisotopic (exact) mass is 269 g/mol. The van der Waals surface area contributed by atoms with Gasteiger partial charge in [0.25, 0.3) is 5.91 Å². The number of hydrogen-bond donors (Lipinski definition) is 2. The average molecular weight is 269 g/mol. The van der Waals surface area contributed by atoms with Gasteiger partial charge < -0.3 is 10.4 Å². The van der Waals surface area contributed by atoms with E-state index in [-0.39, 0.29) is 12.5 Å². The first kappa shape index (κ1) is 12.7. The van der Waals surface area contributed by atoms with Gasteiger partial charge in [-0.3, -0.25) is 4.79 Å². The first-order valence-corrected chi connectivity index (χ1v) is 6.55. The van der Waals surface area contributed by atoms with Crippen molar-refractivity contribution in [3.8, 4) is 0 Å². The number of carbonyl (C=O) groups excluding carboxylic acids is 1. The largest absolute Gasteiger partial charge is 0.383 e. The van der Waals surface area contributed by atoms with E-state index in [1.165, 1.54) is 12.4 Å². The molecule has 5 heteroatoms. The Balaban J connectivity index is 1.72. The van der Waals surface area contributed by atoms with Gasteiger partial charge in [-0.1, -0.05) is 24.3 Å². The zero-order valence-electron chi connectivity index (χ0n) is 10.9. The minimum absolute atomic E-state index is 0.200. The second-order valence-electron chi connectivity index (χ2n) is 5.00. The number of hydrogen-bond acceptors (Lipinski definition) is 4. The van der Waals surface area contributed by atoms with Crippen molar-refractivity contribution in [3.63, 3.8) is 0 Å². The summed E-state index contributed by atoms with van der Waals surface area (Å²) in [5.41, 5.74) is 1.52. The Hall–Kier alpha value is -2.27. The number of carbonyl (C=O) groups is 1. The molecule has 0 saturated heterocycles. The fourth-order valence-corrected chi connectivity index (χ4v) is 2.61. The van der Waals surface area contributed by atoms with Crippen molar-refractivity contribution in [1.82, 2.24) is 15.5 Å². The maximum atomic E-state index is 12.0. The predicted octanol–water partition coefficient (Wildman–Crippen LogP) is 1.04. The van der Waals surface area contributed by atoms with Gasteiger partial charge in [-0.25, -0.2) is 0 Å². The van der Waals surface area contributed by atoms with E-state index in [4.69, 9.17) is 0 Å². The third-order valence-corrected chi connectivity index (χ3v) is 3.71. The summed E-state index contributed by atoms with van der Waals surface area (Å²) < 4.78 is 0. The Morgan fingerprint density at radius 1 is 1.30 bits per heavy atom.